The molecule has 0 spiro atoms. The van der Waals surface area contributed by atoms with Crippen LogP contribution in [0.3, 0.4) is 0 Å². The predicted octanol–water partition coefficient (Wildman–Crippen LogP) is 1.83. The zero-order valence-corrected chi connectivity index (χ0v) is 11.4. The monoisotopic (exact) mass is 275 g/mol. The van der Waals surface area contributed by atoms with Gasteiger partial charge in [0, 0.05) is 19.2 Å². The van der Waals surface area contributed by atoms with E-state index in [4.69, 9.17) is 9.47 Å². The third-order valence-corrected chi connectivity index (χ3v) is 3.43. The van der Waals surface area contributed by atoms with Gasteiger partial charge in [0.15, 0.2) is 11.5 Å². The van der Waals surface area contributed by atoms with Crippen molar-refractivity contribution in [1.29, 1.82) is 0 Å². The van der Waals surface area contributed by atoms with E-state index in [9.17, 15) is 4.79 Å². The Hall–Kier alpha value is -2.24. The minimum absolute atomic E-state index is 0.00394. The number of likely N-dealkylation sites (tertiary alicyclic amines) is 1. The Morgan fingerprint density at radius 3 is 2.80 bits per heavy atom. The van der Waals surface area contributed by atoms with Crippen LogP contribution in [-0.2, 0) is 4.79 Å². The number of benzene rings is 1. The smallest absolute Gasteiger partial charge is 0.269 e. The summed E-state index contributed by atoms with van der Waals surface area (Å²) in [5.41, 5.74) is 4.11. The summed E-state index contributed by atoms with van der Waals surface area (Å²) in [7, 11) is 0. The first-order chi connectivity index (χ1) is 9.74. The second-order valence-electron chi connectivity index (χ2n) is 4.88. The van der Waals surface area contributed by atoms with Gasteiger partial charge in [-0.2, -0.15) is 5.10 Å². The average Bonchev–Trinajstić information content (AvgIpc) is 3.13. The second-order valence-corrected chi connectivity index (χ2v) is 4.88. The lowest BCUT2D eigenvalue weighted by Gasteiger charge is -2.14. The van der Waals surface area contributed by atoms with Crippen molar-refractivity contribution in [3.05, 3.63) is 18.2 Å². The molecule has 106 valence electrons. The Labute approximate surface area is 117 Å². The van der Waals surface area contributed by atoms with E-state index < -0.39 is 0 Å². The zero-order valence-electron chi connectivity index (χ0n) is 11.4. The van der Waals surface area contributed by atoms with Crippen molar-refractivity contribution in [3.63, 3.8) is 0 Å². The molecule has 2 heterocycles. The summed E-state index contributed by atoms with van der Waals surface area (Å²) in [5, 5.41) is 4.14. The SMILES string of the molecule is C/C(=N/Nc1ccc2c(c1)OCO2)C(=O)N1CCCC1. The number of amides is 1. The van der Waals surface area contributed by atoms with E-state index in [0.29, 0.717) is 11.5 Å². The molecule has 6 heteroatoms. The van der Waals surface area contributed by atoms with Gasteiger partial charge in [0.2, 0.25) is 6.79 Å². The molecule has 0 aliphatic carbocycles. The highest BCUT2D eigenvalue weighted by atomic mass is 16.7. The van der Waals surface area contributed by atoms with Gasteiger partial charge in [0.05, 0.1) is 5.69 Å². The van der Waals surface area contributed by atoms with Crippen LogP contribution in [0.4, 0.5) is 5.69 Å². The van der Waals surface area contributed by atoms with Gasteiger partial charge in [-0.25, -0.2) is 0 Å². The topological polar surface area (TPSA) is 63.2 Å². The van der Waals surface area contributed by atoms with Gasteiger partial charge < -0.3 is 14.4 Å². The number of carbonyl (C=O) groups excluding carboxylic acids is 1. The molecular formula is C14H17N3O3. The van der Waals surface area contributed by atoms with Crippen molar-refractivity contribution in [3.8, 4) is 11.5 Å². The van der Waals surface area contributed by atoms with Crippen LogP contribution in [0.2, 0.25) is 0 Å². The van der Waals surface area contributed by atoms with Crippen molar-refractivity contribution in [2.45, 2.75) is 19.8 Å². The third kappa shape index (κ3) is 2.54. The number of hydrogen-bond donors (Lipinski definition) is 1. The maximum Gasteiger partial charge on any atom is 0.269 e. The molecular weight excluding hydrogens is 258 g/mol. The van der Waals surface area contributed by atoms with Gasteiger partial charge in [0.25, 0.3) is 5.91 Å². The molecule has 3 rings (SSSR count). The highest BCUT2D eigenvalue weighted by Crippen LogP contribution is 2.34. The van der Waals surface area contributed by atoms with Crippen molar-refractivity contribution in [2.24, 2.45) is 5.10 Å². The molecule has 6 nitrogen and oxygen atoms in total. The fourth-order valence-corrected chi connectivity index (χ4v) is 2.31. The number of carbonyl (C=O) groups is 1. The molecule has 0 bridgehead atoms. The molecule has 2 aliphatic rings. The second kappa shape index (κ2) is 5.40. The first kappa shape index (κ1) is 12.8. The molecule has 1 fully saturated rings. The molecule has 2 aliphatic heterocycles. The van der Waals surface area contributed by atoms with E-state index in [2.05, 4.69) is 10.5 Å². The molecule has 1 N–H and O–H groups in total. The summed E-state index contributed by atoms with van der Waals surface area (Å²) in [6.45, 7) is 3.63. The maximum absolute atomic E-state index is 12.1. The van der Waals surface area contributed by atoms with Crippen LogP contribution in [0.25, 0.3) is 0 Å². The summed E-state index contributed by atoms with van der Waals surface area (Å²) in [6.07, 6.45) is 2.16. The Morgan fingerprint density at radius 2 is 2.00 bits per heavy atom. The lowest BCUT2D eigenvalue weighted by atomic mass is 10.3. The van der Waals surface area contributed by atoms with Crippen LogP contribution in [0.5, 0.6) is 11.5 Å². The van der Waals surface area contributed by atoms with Crippen LogP contribution >= 0.6 is 0 Å². The van der Waals surface area contributed by atoms with E-state index in [-0.39, 0.29) is 12.7 Å². The zero-order chi connectivity index (χ0) is 13.9. The molecule has 0 saturated carbocycles. The number of rotatable bonds is 3. The number of ether oxygens (including phenoxy) is 2. The lowest BCUT2D eigenvalue weighted by Crippen LogP contribution is -2.33. The van der Waals surface area contributed by atoms with Crippen molar-refractivity contribution < 1.29 is 14.3 Å². The van der Waals surface area contributed by atoms with Gasteiger partial charge in [-0.15, -0.1) is 0 Å². The van der Waals surface area contributed by atoms with Crippen LogP contribution in [-0.4, -0.2) is 36.4 Å². The molecule has 1 aromatic rings. The van der Waals surface area contributed by atoms with Crippen molar-refractivity contribution in [1.82, 2.24) is 4.90 Å². The van der Waals surface area contributed by atoms with Gasteiger partial charge >= 0.3 is 0 Å². The minimum Gasteiger partial charge on any atom is -0.454 e. The molecule has 0 unspecified atom stereocenters. The summed E-state index contributed by atoms with van der Waals surface area (Å²) in [5.74, 6) is 1.41. The molecule has 1 aromatic carbocycles. The predicted molar refractivity (Wildman–Crippen MR) is 75.1 cm³/mol. The molecule has 0 atom stereocenters. The summed E-state index contributed by atoms with van der Waals surface area (Å²) in [4.78, 5) is 13.9. The maximum atomic E-state index is 12.1. The van der Waals surface area contributed by atoms with Crippen LogP contribution in [0.1, 0.15) is 19.8 Å². The minimum atomic E-state index is -0.00394. The largest absolute Gasteiger partial charge is 0.454 e. The summed E-state index contributed by atoms with van der Waals surface area (Å²) < 4.78 is 10.5. The standard InChI is InChI=1S/C14H17N3O3/c1-10(14(18)17-6-2-3-7-17)15-16-11-4-5-12-13(8-11)20-9-19-12/h4-5,8,16H,2-3,6-7,9H2,1H3/b15-10-. The van der Waals surface area contributed by atoms with Crippen LogP contribution in [0, 0.1) is 0 Å². The molecule has 0 aromatic heterocycles. The lowest BCUT2D eigenvalue weighted by molar-refractivity contribution is -0.123. The van der Waals surface area contributed by atoms with Crippen molar-refractivity contribution >= 4 is 17.3 Å². The molecule has 0 radical (unpaired) electrons. The Kier molecular flexibility index (Phi) is 3.45. The number of anilines is 1. The number of hydrazone groups is 1. The Balaban J connectivity index is 1.65. The van der Waals surface area contributed by atoms with E-state index in [1.54, 1.807) is 13.0 Å². The van der Waals surface area contributed by atoms with Gasteiger partial charge in [-0.3, -0.25) is 10.2 Å². The number of fused-ring (bicyclic) bond motifs is 1. The van der Waals surface area contributed by atoms with E-state index >= 15 is 0 Å². The van der Waals surface area contributed by atoms with Crippen molar-refractivity contribution in [2.75, 3.05) is 25.3 Å². The van der Waals surface area contributed by atoms with E-state index in [1.807, 2.05) is 17.0 Å². The van der Waals surface area contributed by atoms with Crippen LogP contribution in [0.15, 0.2) is 23.3 Å². The number of hydrogen-bond acceptors (Lipinski definition) is 5. The Morgan fingerprint density at radius 1 is 1.25 bits per heavy atom. The van der Waals surface area contributed by atoms with Gasteiger partial charge in [0.1, 0.15) is 5.71 Å². The third-order valence-electron chi connectivity index (χ3n) is 3.43. The van der Waals surface area contributed by atoms with Gasteiger partial charge in [-0.05, 0) is 31.9 Å². The normalized spacial score (nSPS) is 17.4. The average molecular weight is 275 g/mol. The van der Waals surface area contributed by atoms with Crippen LogP contribution < -0.4 is 14.9 Å². The molecule has 1 saturated heterocycles. The van der Waals surface area contributed by atoms with E-state index in [0.717, 1.165) is 37.4 Å². The number of nitrogens with zero attached hydrogens (tertiary/aromatic N) is 2. The van der Waals surface area contributed by atoms with Gasteiger partial charge in [-0.1, -0.05) is 0 Å². The Bertz CT molecular complexity index is 551. The fraction of sp³-hybridized carbons (Fsp3) is 0.429. The first-order valence-corrected chi connectivity index (χ1v) is 6.73. The molecule has 20 heavy (non-hydrogen) atoms. The summed E-state index contributed by atoms with van der Waals surface area (Å²) >= 11 is 0. The summed E-state index contributed by atoms with van der Waals surface area (Å²) in [6, 6.07) is 5.46. The quantitative estimate of drug-likeness (QED) is 0.675. The highest BCUT2D eigenvalue weighted by Gasteiger charge is 2.20. The molecule has 1 amide bonds. The number of nitrogens with one attached hydrogen (secondary N) is 1. The first-order valence-electron chi connectivity index (χ1n) is 6.73. The highest BCUT2D eigenvalue weighted by molar-refractivity contribution is 6.37. The fourth-order valence-electron chi connectivity index (χ4n) is 2.31. The van der Waals surface area contributed by atoms with E-state index in [1.165, 1.54) is 0 Å².